The third kappa shape index (κ3) is 4.33. The lowest BCUT2D eigenvalue weighted by atomic mass is 9.95. The van der Waals surface area contributed by atoms with Gasteiger partial charge in [-0.2, -0.15) is 5.26 Å². The molecule has 0 bridgehead atoms. The van der Waals surface area contributed by atoms with Gasteiger partial charge in [0.2, 0.25) is 5.91 Å². The number of hydrogen-bond donors (Lipinski definition) is 1. The number of rotatable bonds is 3. The number of nitrogens with one attached hydrogen (secondary N) is 1. The normalized spacial score (nSPS) is 14.8. The SMILES string of the molecule is N#Cc1ccc(N2CCC(C(=O)Nc3ccc(Br)cc3)CC2)cc1Cl. The van der Waals surface area contributed by atoms with Gasteiger partial charge in [0.25, 0.3) is 0 Å². The maximum Gasteiger partial charge on any atom is 0.227 e. The molecular weight excluding hydrogens is 402 g/mol. The molecular formula is C19H17BrClN3O. The molecule has 6 heteroatoms. The molecule has 128 valence electrons. The molecule has 1 saturated heterocycles. The van der Waals surface area contributed by atoms with Crippen LogP contribution in [0, 0.1) is 17.2 Å². The Labute approximate surface area is 160 Å². The topological polar surface area (TPSA) is 56.1 Å². The van der Waals surface area contributed by atoms with E-state index >= 15 is 0 Å². The van der Waals surface area contributed by atoms with Crippen LogP contribution in [0.4, 0.5) is 11.4 Å². The van der Waals surface area contributed by atoms with E-state index in [1.807, 2.05) is 36.4 Å². The van der Waals surface area contributed by atoms with E-state index in [9.17, 15) is 4.79 Å². The number of nitrogens with zero attached hydrogens (tertiary/aromatic N) is 2. The predicted octanol–water partition coefficient (Wildman–Crippen LogP) is 4.83. The standard InChI is InChI=1S/C19H17BrClN3O/c20-15-2-4-16(5-3-15)23-19(25)13-7-9-24(10-8-13)17-6-1-14(12-22)18(21)11-17/h1-6,11,13H,7-10H2,(H,23,25). The van der Waals surface area contributed by atoms with E-state index in [0.717, 1.165) is 41.8 Å². The zero-order chi connectivity index (χ0) is 17.8. The number of carbonyl (C=O) groups excluding carboxylic acids is 1. The summed E-state index contributed by atoms with van der Waals surface area (Å²) >= 11 is 9.50. The largest absolute Gasteiger partial charge is 0.371 e. The van der Waals surface area contributed by atoms with Gasteiger partial charge < -0.3 is 10.2 Å². The molecule has 0 saturated carbocycles. The molecule has 1 aliphatic rings. The summed E-state index contributed by atoms with van der Waals surface area (Å²) in [5, 5.41) is 12.4. The zero-order valence-corrected chi connectivity index (χ0v) is 15.8. The van der Waals surface area contributed by atoms with Gasteiger partial charge in [-0.1, -0.05) is 27.5 Å². The van der Waals surface area contributed by atoms with Crippen molar-refractivity contribution in [3.8, 4) is 6.07 Å². The van der Waals surface area contributed by atoms with Gasteiger partial charge in [0.05, 0.1) is 10.6 Å². The van der Waals surface area contributed by atoms with Crippen LogP contribution < -0.4 is 10.2 Å². The molecule has 0 aromatic heterocycles. The van der Waals surface area contributed by atoms with E-state index < -0.39 is 0 Å². The van der Waals surface area contributed by atoms with Gasteiger partial charge >= 0.3 is 0 Å². The Morgan fingerprint density at radius 3 is 2.48 bits per heavy atom. The summed E-state index contributed by atoms with van der Waals surface area (Å²) in [6, 6.07) is 15.1. The summed E-state index contributed by atoms with van der Waals surface area (Å²) in [6.45, 7) is 1.58. The lowest BCUT2D eigenvalue weighted by Crippen LogP contribution is -2.38. The van der Waals surface area contributed by atoms with Crippen LogP contribution in [0.3, 0.4) is 0 Å². The molecule has 25 heavy (non-hydrogen) atoms. The second-order valence-corrected chi connectivity index (χ2v) is 7.36. The Bertz CT molecular complexity index is 808. The van der Waals surface area contributed by atoms with Crippen LogP contribution in [-0.2, 0) is 4.79 Å². The Hall–Kier alpha value is -2.03. The number of anilines is 2. The fraction of sp³-hybridized carbons (Fsp3) is 0.263. The average Bonchev–Trinajstić information content (AvgIpc) is 2.63. The highest BCUT2D eigenvalue weighted by Crippen LogP contribution is 2.28. The zero-order valence-electron chi connectivity index (χ0n) is 13.5. The van der Waals surface area contributed by atoms with Crippen molar-refractivity contribution in [2.45, 2.75) is 12.8 Å². The van der Waals surface area contributed by atoms with Gasteiger partial charge in [-0.3, -0.25) is 4.79 Å². The maximum absolute atomic E-state index is 12.4. The van der Waals surface area contributed by atoms with Crippen molar-refractivity contribution < 1.29 is 4.79 Å². The molecule has 1 N–H and O–H groups in total. The van der Waals surface area contributed by atoms with Crippen molar-refractivity contribution >= 4 is 44.8 Å². The molecule has 1 amide bonds. The number of carbonyl (C=O) groups is 1. The maximum atomic E-state index is 12.4. The third-order valence-electron chi connectivity index (χ3n) is 4.42. The van der Waals surface area contributed by atoms with E-state index in [4.69, 9.17) is 16.9 Å². The Morgan fingerprint density at radius 2 is 1.88 bits per heavy atom. The van der Waals surface area contributed by atoms with Gasteiger partial charge in [-0.25, -0.2) is 0 Å². The minimum absolute atomic E-state index is 0.00810. The summed E-state index contributed by atoms with van der Waals surface area (Å²) in [5.41, 5.74) is 2.29. The van der Waals surface area contributed by atoms with Crippen molar-refractivity contribution in [2.24, 2.45) is 5.92 Å². The smallest absolute Gasteiger partial charge is 0.227 e. The Morgan fingerprint density at radius 1 is 1.20 bits per heavy atom. The van der Waals surface area contributed by atoms with Gasteiger partial charge in [0, 0.05) is 34.9 Å². The summed E-state index contributed by atoms with van der Waals surface area (Å²) in [7, 11) is 0. The van der Waals surface area contributed by atoms with Crippen LogP contribution in [0.2, 0.25) is 5.02 Å². The van der Waals surface area contributed by atoms with E-state index in [0.29, 0.717) is 10.6 Å². The highest BCUT2D eigenvalue weighted by Gasteiger charge is 2.25. The first-order valence-electron chi connectivity index (χ1n) is 8.08. The second kappa shape index (κ2) is 7.90. The van der Waals surface area contributed by atoms with Gasteiger partial charge in [-0.15, -0.1) is 0 Å². The molecule has 0 spiro atoms. The predicted molar refractivity (Wildman–Crippen MR) is 104 cm³/mol. The molecule has 0 atom stereocenters. The van der Waals surface area contributed by atoms with Gasteiger partial charge in [0.15, 0.2) is 0 Å². The summed E-state index contributed by atoms with van der Waals surface area (Å²) in [4.78, 5) is 14.6. The monoisotopic (exact) mass is 417 g/mol. The lowest BCUT2D eigenvalue weighted by Gasteiger charge is -2.33. The van der Waals surface area contributed by atoms with Crippen molar-refractivity contribution in [3.63, 3.8) is 0 Å². The number of benzene rings is 2. The van der Waals surface area contributed by atoms with E-state index in [1.54, 1.807) is 6.07 Å². The lowest BCUT2D eigenvalue weighted by molar-refractivity contribution is -0.120. The minimum Gasteiger partial charge on any atom is -0.371 e. The van der Waals surface area contributed by atoms with Crippen LogP contribution >= 0.6 is 27.5 Å². The molecule has 2 aromatic rings. The average molecular weight is 419 g/mol. The van der Waals surface area contributed by atoms with Crippen LogP contribution in [0.5, 0.6) is 0 Å². The first-order chi connectivity index (χ1) is 12.1. The molecule has 0 radical (unpaired) electrons. The summed E-state index contributed by atoms with van der Waals surface area (Å²) in [6.07, 6.45) is 1.58. The van der Waals surface area contributed by atoms with Crippen molar-refractivity contribution in [1.29, 1.82) is 5.26 Å². The quantitative estimate of drug-likeness (QED) is 0.777. The van der Waals surface area contributed by atoms with Crippen LogP contribution in [0.25, 0.3) is 0 Å². The van der Waals surface area contributed by atoms with Crippen LogP contribution in [0.15, 0.2) is 46.9 Å². The van der Waals surface area contributed by atoms with Crippen molar-refractivity contribution in [3.05, 3.63) is 57.5 Å². The third-order valence-corrected chi connectivity index (χ3v) is 5.26. The van der Waals surface area contributed by atoms with Gasteiger partial charge in [0.1, 0.15) is 6.07 Å². The minimum atomic E-state index is 0.00810. The molecule has 4 nitrogen and oxygen atoms in total. The number of piperidine rings is 1. The number of nitriles is 1. The van der Waals surface area contributed by atoms with Crippen molar-refractivity contribution in [2.75, 3.05) is 23.3 Å². The second-order valence-electron chi connectivity index (χ2n) is 6.03. The van der Waals surface area contributed by atoms with E-state index in [2.05, 4.69) is 32.2 Å². The summed E-state index contributed by atoms with van der Waals surface area (Å²) < 4.78 is 0.986. The highest BCUT2D eigenvalue weighted by molar-refractivity contribution is 9.10. The van der Waals surface area contributed by atoms with Crippen LogP contribution in [0.1, 0.15) is 18.4 Å². The Kier molecular flexibility index (Phi) is 5.62. The molecule has 1 aliphatic heterocycles. The number of halogens is 2. The number of hydrogen-bond acceptors (Lipinski definition) is 3. The highest BCUT2D eigenvalue weighted by atomic mass is 79.9. The molecule has 1 fully saturated rings. The van der Waals surface area contributed by atoms with Crippen molar-refractivity contribution in [1.82, 2.24) is 0 Å². The molecule has 1 heterocycles. The Balaban J connectivity index is 1.58. The fourth-order valence-electron chi connectivity index (χ4n) is 2.97. The molecule has 0 aliphatic carbocycles. The molecule has 0 unspecified atom stereocenters. The molecule has 2 aromatic carbocycles. The molecule has 3 rings (SSSR count). The van der Waals surface area contributed by atoms with E-state index in [-0.39, 0.29) is 11.8 Å². The van der Waals surface area contributed by atoms with Gasteiger partial charge in [-0.05, 0) is 55.3 Å². The summed E-state index contributed by atoms with van der Waals surface area (Å²) in [5.74, 6) is 0.0774. The fourth-order valence-corrected chi connectivity index (χ4v) is 3.45. The number of amides is 1. The van der Waals surface area contributed by atoms with Crippen LogP contribution in [-0.4, -0.2) is 19.0 Å². The first kappa shape index (κ1) is 17.8. The first-order valence-corrected chi connectivity index (χ1v) is 9.25. The van der Waals surface area contributed by atoms with E-state index in [1.165, 1.54) is 0 Å².